The van der Waals surface area contributed by atoms with Crippen LogP contribution in [0.15, 0.2) is 60.7 Å². The maximum atomic E-state index is 12.4. The normalized spacial score (nSPS) is 13.3. The number of Topliss-reactive ketones (excluding diaryl/α,β-unsaturated/α-hetero) is 1. The molecule has 0 saturated carbocycles. The summed E-state index contributed by atoms with van der Waals surface area (Å²) in [5, 5.41) is 10.1. The van der Waals surface area contributed by atoms with Crippen molar-refractivity contribution >= 4 is 23.5 Å². The quantitative estimate of drug-likeness (QED) is 0.738. The monoisotopic (exact) mass is 313 g/mol. The Labute approximate surface area is 134 Å². The molecular formula is C18H17O3S-. The van der Waals surface area contributed by atoms with Gasteiger partial charge >= 0.3 is 0 Å². The second kappa shape index (κ2) is 7.80. The van der Waals surface area contributed by atoms with Crippen molar-refractivity contribution in [3.05, 3.63) is 71.8 Å². The van der Waals surface area contributed by atoms with E-state index >= 15 is 0 Å². The van der Waals surface area contributed by atoms with Crippen LogP contribution in [0, 0.1) is 0 Å². The van der Waals surface area contributed by atoms with Crippen LogP contribution in [-0.4, -0.2) is 17.0 Å². The molecule has 2 rings (SSSR count). The van der Waals surface area contributed by atoms with E-state index in [9.17, 15) is 14.7 Å². The van der Waals surface area contributed by atoms with Gasteiger partial charge in [-0.05, 0) is 12.5 Å². The lowest BCUT2D eigenvalue weighted by molar-refractivity contribution is -0.304. The molecular weight excluding hydrogens is 296 g/mol. The summed E-state index contributed by atoms with van der Waals surface area (Å²) < 4.78 is 0. The van der Waals surface area contributed by atoms with Crippen LogP contribution in [0.4, 0.5) is 0 Å². The minimum Gasteiger partial charge on any atom is -0.549 e. The van der Waals surface area contributed by atoms with Crippen LogP contribution in [0.2, 0.25) is 0 Å². The third-order valence-corrected chi connectivity index (χ3v) is 4.71. The molecule has 0 radical (unpaired) electrons. The second-order valence-corrected chi connectivity index (χ2v) is 6.54. The highest BCUT2D eigenvalue weighted by molar-refractivity contribution is 8.00. The molecule has 22 heavy (non-hydrogen) atoms. The zero-order chi connectivity index (χ0) is 15.9. The molecule has 2 atom stereocenters. The number of carboxylic acid groups (broad SMARTS) is 1. The van der Waals surface area contributed by atoms with Gasteiger partial charge < -0.3 is 9.90 Å². The van der Waals surface area contributed by atoms with Gasteiger partial charge in [0, 0.05) is 22.5 Å². The van der Waals surface area contributed by atoms with Gasteiger partial charge in [-0.1, -0.05) is 60.7 Å². The second-order valence-electron chi connectivity index (χ2n) is 4.99. The molecule has 0 unspecified atom stereocenters. The van der Waals surface area contributed by atoms with E-state index in [0.717, 1.165) is 5.56 Å². The SMILES string of the molecule is C[C@H](S[C@@H](CC(=O)c1ccccc1)c1ccccc1)C(=O)[O-]. The number of hydrogen-bond donors (Lipinski definition) is 0. The van der Waals surface area contributed by atoms with Gasteiger partial charge in [-0.2, -0.15) is 0 Å². The van der Waals surface area contributed by atoms with Crippen LogP contribution < -0.4 is 5.11 Å². The van der Waals surface area contributed by atoms with Crippen LogP contribution in [0.3, 0.4) is 0 Å². The maximum absolute atomic E-state index is 12.4. The molecule has 0 amide bonds. The number of carbonyl (C=O) groups is 2. The van der Waals surface area contributed by atoms with E-state index < -0.39 is 11.2 Å². The van der Waals surface area contributed by atoms with E-state index in [1.54, 1.807) is 19.1 Å². The van der Waals surface area contributed by atoms with Gasteiger partial charge in [-0.25, -0.2) is 0 Å². The Morgan fingerprint density at radius 2 is 1.55 bits per heavy atom. The molecule has 0 saturated heterocycles. The van der Waals surface area contributed by atoms with Crippen molar-refractivity contribution in [3.8, 4) is 0 Å². The summed E-state index contributed by atoms with van der Waals surface area (Å²) >= 11 is 1.25. The van der Waals surface area contributed by atoms with Crippen molar-refractivity contribution in [2.45, 2.75) is 23.8 Å². The van der Waals surface area contributed by atoms with Crippen LogP contribution in [0.5, 0.6) is 0 Å². The topological polar surface area (TPSA) is 57.2 Å². The fourth-order valence-corrected chi connectivity index (χ4v) is 3.29. The Kier molecular flexibility index (Phi) is 5.78. The number of aliphatic carboxylic acids is 1. The van der Waals surface area contributed by atoms with Gasteiger partial charge in [0.05, 0.1) is 5.97 Å². The number of ketones is 1. The van der Waals surface area contributed by atoms with Crippen LogP contribution in [0.1, 0.15) is 34.5 Å². The molecule has 0 spiro atoms. The van der Waals surface area contributed by atoms with Gasteiger partial charge in [0.25, 0.3) is 0 Å². The summed E-state index contributed by atoms with van der Waals surface area (Å²) in [5.41, 5.74) is 1.59. The van der Waals surface area contributed by atoms with Gasteiger partial charge in [0.1, 0.15) is 0 Å². The number of carbonyl (C=O) groups excluding carboxylic acids is 2. The Morgan fingerprint density at radius 1 is 1.00 bits per heavy atom. The third-order valence-electron chi connectivity index (χ3n) is 3.34. The average molecular weight is 313 g/mol. The van der Waals surface area contributed by atoms with Crippen molar-refractivity contribution < 1.29 is 14.7 Å². The van der Waals surface area contributed by atoms with E-state index in [1.165, 1.54) is 11.8 Å². The first-order valence-electron chi connectivity index (χ1n) is 7.07. The van der Waals surface area contributed by atoms with E-state index in [-0.39, 0.29) is 17.5 Å². The molecule has 0 aliphatic rings. The number of carboxylic acids is 1. The van der Waals surface area contributed by atoms with Gasteiger partial charge in [0.15, 0.2) is 5.78 Å². The van der Waals surface area contributed by atoms with Crippen molar-refractivity contribution in [1.82, 2.24) is 0 Å². The smallest absolute Gasteiger partial charge is 0.164 e. The Balaban J connectivity index is 2.18. The van der Waals surface area contributed by atoms with Gasteiger partial charge in [-0.3, -0.25) is 4.79 Å². The van der Waals surface area contributed by atoms with E-state index in [0.29, 0.717) is 5.56 Å². The fourth-order valence-electron chi connectivity index (χ4n) is 2.12. The van der Waals surface area contributed by atoms with E-state index in [1.807, 2.05) is 48.5 Å². The van der Waals surface area contributed by atoms with Crippen molar-refractivity contribution in [3.63, 3.8) is 0 Å². The summed E-state index contributed by atoms with van der Waals surface area (Å²) in [4.78, 5) is 23.4. The lowest BCUT2D eigenvalue weighted by Gasteiger charge is -2.21. The molecule has 0 N–H and O–H groups in total. The summed E-state index contributed by atoms with van der Waals surface area (Å²) in [6, 6.07) is 18.6. The highest BCUT2D eigenvalue weighted by atomic mass is 32.2. The highest BCUT2D eigenvalue weighted by Gasteiger charge is 2.20. The molecule has 4 heteroatoms. The molecule has 2 aromatic rings. The highest BCUT2D eigenvalue weighted by Crippen LogP contribution is 2.36. The Hall–Kier alpha value is -2.07. The van der Waals surface area contributed by atoms with E-state index in [2.05, 4.69) is 0 Å². The minimum atomic E-state index is -1.11. The van der Waals surface area contributed by atoms with E-state index in [4.69, 9.17) is 0 Å². The fraction of sp³-hybridized carbons (Fsp3) is 0.222. The van der Waals surface area contributed by atoms with Crippen LogP contribution >= 0.6 is 11.8 Å². The summed E-state index contributed by atoms with van der Waals surface area (Å²) in [6.07, 6.45) is 0.260. The molecule has 0 aliphatic heterocycles. The molecule has 0 heterocycles. The predicted molar refractivity (Wildman–Crippen MR) is 86.6 cm³/mol. The van der Waals surface area contributed by atoms with Crippen molar-refractivity contribution in [2.24, 2.45) is 0 Å². The molecule has 2 aromatic carbocycles. The first-order chi connectivity index (χ1) is 10.6. The number of thioether (sulfide) groups is 1. The first-order valence-corrected chi connectivity index (χ1v) is 8.01. The molecule has 0 aliphatic carbocycles. The lowest BCUT2D eigenvalue weighted by Crippen LogP contribution is -2.32. The largest absolute Gasteiger partial charge is 0.549 e. The standard InChI is InChI=1S/C18H18O3S/c1-13(18(20)21)22-17(15-10-6-3-7-11-15)12-16(19)14-8-4-2-5-9-14/h2-11,13,17H,12H2,1H3,(H,20,21)/p-1/t13-,17-/m0/s1. The molecule has 114 valence electrons. The lowest BCUT2D eigenvalue weighted by atomic mass is 10.0. The summed E-state index contributed by atoms with van der Waals surface area (Å²) in [6.45, 7) is 1.59. The minimum absolute atomic E-state index is 0.00695. The Morgan fingerprint density at radius 3 is 2.09 bits per heavy atom. The van der Waals surface area contributed by atoms with Crippen LogP contribution in [0.25, 0.3) is 0 Å². The maximum Gasteiger partial charge on any atom is 0.164 e. The molecule has 0 aromatic heterocycles. The van der Waals surface area contributed by atoms with Crippen LogP contribution in [-0.2, 0) is 4.79 Å². The van der Waals surface area contributed by atoms with Crippen molar-refractivity contribution in [1.29, 1.82) is 0 Å². The molecule has 0 bridgehead atoms. The summed E-state index contributed by atoms with van der Waals surface area (Å²) in [5.74, 6) is -1.11. The first kappa shape index (κ1) is 16.3. The number of hydrogen-bond acceptors (Lipinski definition) is 4. The number of rotatable bonds is 7. The zero-order valence-corrected chi connectivity index (χ0v) is 13.1. The van der Waals surface area contributed by atoms with Gasteiger partial charge in [0.2, 0.25) is 0 Å². The number of benzene rings is 2. The zero-order valence-electron chi connectivity index (χ0n) is 12.3. The Bertz CT molecular complexity index is 625. The van der Waals surface area contributed by atoms with Crippen molar-refractivity contribution in [2.75, 3.05) is 0 Å². The molecule has 0 fully saturated rings. The molecule has 3 nitrogen and oxygen atoms in total. The average Bonchev–Trinajstić information content (AvgIpc) is 2.55. The third kappa shape index (κ3) is 4.46. The van der Waals surface area contributed by atoms with Gasteiger partial charge in [-0.15, -0.1) is 11.8 Å². The predicted octanol–water partition coefficient (Wildman–Crippen LogP) is 2.87. The summed E-state index contributed by atoms with van der Waals surface area (Å²) in [7, 11) is 0.